The molecular weight excluding hydrogens is 718 g/mol. The van der Waals surface area contributed by atoms with Crippen molar-refractivity contribution < 1.29 is 58.7 Å². The molecule has 1 heterocycles. The smallest absolute Gasteiger partial charge is 0.336 e. The van der Waals surface area contributed by atoms with Crippen LogP contribution in [-0.2, 0) is 19.2 Å². The molecule has 2 aromatic rings. The fourth-order valence-corrected chi connectivity index (χ4v) is 5.44. The lowest BCUT2D eigenvalue weighted by atomic mass is 9.90. The molecule has 0 saturated heterocycles. The maximum atomic E-state index is 12.5. The molecule has 0 saturated carbocycles. The number of thiocarbonyl (C=S) groups is 1. The van der Waals surface area contributed by atoms with Gasteiger partial charge in [0.2, 0.25) is 5.91 Å². The first-order chi connectivity index (χ1) is 25.1. The zero-order valence-electron chi connectivity index (χ0n) is 27.5. The Morgan fingerprint density at radius 2 is 1.40 bits per heavy atom. The Morgan fingerprint density at radius 3 is 2.04 bits per heavy atom. The van der Waals surface area contributed by atoms with E-state index in [1.807, 2.05) is 5.32 Å². The maximum absolute atomic E-state index is 12.5. The van der Waals surface area contributed by atoms with Gasteiger partial charge in [-0.3, -0.25) is 14.4 Å². The largest absolute Gasteiger partial charge is 0.508 e. The Morgan fingerprint density at radius 1 is 0.755 bits per heavy atom. The van der Waals surface area contributed by atoms with Crippen LogP contribution in [0.5, 0.6) is 5.75 Å². The van der Waals surface area contributed by atoms with Crippen LogP contribution in [-0.4, -0.2) is 91.6 Å². The molecule has 53 heavy (non-hydrogen) atoms. The summed E-state index contributed by atoms with van der Waals surface area (Å²) in [6.45, 7) is 0.146. The van der Waals surface area contributed by atoms with Crippen molar-refractivity contribution in [2.45, 2.75) is 37.8 Å². The van der Waals surface area contributed by atoms with Gasteiger partial charge in [0.25, 0.3) is 0 Å². The van der Waals surface area contributed by atoms with Gasteiger partial charge in [0.1, 0.15) is 29.2 Å². The van der Waals surface area contributed by atoms with E-state index in [4.69, 9.17) is 26.8 Å². The molecule has 10 N–H and O–H groups in total. The number of hydrogen-bond acceptors (Lipinski definition) is 10. The number of benzene rings is 3. The monoisotopic (exact) mass is 751 g/mol. The SMILES string of the molecule is O=C(O)CCC(NC(=O)NC(CCC(=O)NCCNC(=S)Nc1ccc(-c2c3ccc(=O)cc-3oc3cc(O)ccc23)c(C(=O)O)c1)C(=O)O)C(=O)O. The second kappa shape index (κ2) is 17.4. The van der Waals surface area contributed by atoms with Gasteiger partial charge in [0.05, 0.1) is 5.56 Å². The fourth-order valence-electron chi connectivity index (χ4n) is 5.22. The van der Waals surface area contributed by atoms with Crippen molar-refractivity contribution >= 4 is 69.8 Å². The van der Waals surface area contributed by atoms with Gasteiger partial charge in [0, 0.05) is 60.3 Å². The number of aromatic hydroxyl groups is 1. The Kier molecular flexibility index (Phi) is 12.8. The van der Waals surface area contributed by atoms with Gasteiger partial charge in [-0.2, -0.15) is 0 Å². The van der Waals surface area contributed by atoms with Crippen LogP contribution >= 0.6 is 12.2 Å². The first-order valence-electron chi connectivity index (χ1n) is 15.8. The van der Waals surface area contributed by atoms with Gasteiger partial charge in [0.15, 0.2) is 10.5 Å². The van der Waals surface area contributed by atoms with E-state index in [0.717, 1.165) is 0 Å². The summed E-state index contributed by atoms with van der Waals surface area (Å²) in [5, 5.41) is 60.4. The lowest BCUT2D eigenvalue weighted by molar-refractivity contribution is -0.141. The van der Waals surface area contributed by atoms with Gasteiger partial charge >= 0.3 is 29.9 Å². The zero-order valence-corrected chi connectivity index (χ0v) is 28.3. The molecule has 4 rings (SSSR count). The number of aliphatic carboxylic acids is 3. The van der Waals surface area contributed by atoms with Crippen molar-refractivity contribution in [1.82, 2.24) is 21.3 Å². The van der Waals surface area contributed by atoms with E-state index in [1.165, 1.54) is 36.4 Å². The third kappa shape index (κ3) is 10.6. The Labute approximate surface area is 304 Å². The third-order valence-electron chi connectivity index (χ3n) is 7.70. The predicted octanol–water partition coefficient (Wildman–Crippen LogP) is 2.22. The van der Waals surface area contributed by atoms with Crippen LogP contribution in [0.2, 0.25) is 0 Å². The maximum Gasteiger partial charge on any atom is 0.336 e. The number of hydrogen-bond donors (Lipinski definition) is 10. The third-order valence-corrected chi connectivity index (χ3v) is 7.95. The van der Waals surface area contributed by atoms with Crippen molar-refractivity contribution in [3.8, 4) is 28.2 Å². The molecule has 2 atom stereocenters. The van der Waals surface area contributed by atoms with E-state index in [9.17, 15) is 48.9 Å². The molecule has 1 aliphatic carbocycles. The predicted molar refractivity (Wildman–Crippen MR) is 191 cm³/mol. The van der Waals surface area contributed by atoms with Crippen molar-refractivity contribution in [3.63, 3.8) is 0 Å². The highest BCUT2D eigenvalue weighted by molar-refractivity contribution is 7.80. The molecule has 2 aromatic carbocycles. The summed E-state index contributed by atoms with van der Waals surface area (Å²) in [5.41, 5.74) is 1.37. The Hall–Kier alpha value is -6.76. The first-order valence-corrected chi connectivity index (χ1v) is 16.2. The van der Waals surface area contributed by atoms with Gasteiger partial charge in [-0.1, -0.05) is 6.07 Å². The minimum absolute atomic E-state index is 0.0370. The first kappa shape index (κ1) is 39.0. The van der Waals surface area contributed by atoms with Crippen LogP contribution in [0.15, 0.2) is 63.8 Å². The average molecular weight is 752 g/mol. The molecular formula is C34H33N5O13S. The molecule has 0 aromatic heterocycles. The molecule has 18 nitrogen and oxygen atoms in total. The number of nitrogens with one attached hydrogen (secondary N) is 5. The molecule has 0 fully saturated rings. The van der Waals surface area contributed by atoms with Crippen molar-refractivity contribution in [2.75, 3.05) is 18.4 Å². The second-order valence-corrected chi connectivity index (χ2v) is 11.9. The van der Waals surface area contributed by atoms with E-state index in [2.05, 4.69) is 21.3 Å². The number of fused-ring (bicyclic) bond motifs is 2. The minimum Gasteiger partial charge on any atom is -0.508 e. The highest BCUT2D eigenvalue weighted by Gasteiger charge is 2.26. The number of carboxylic acid groups (broad SMARTS) is 4. The molecule has 0 bridgehead atoms. The molecule has 0 spiro atoms. The highest BCUT2D eigenvalue weighted by Crippen LogP contribution is 2.42. The van der Waals surface area contributed by atoms with E-state index in [0.29, 0.717) is 27.8 Å². The van der Waals surface area contributed by atoms with Crippen LogP contribution < -0.4 is 32.0 Å². The average Bonchev–Trinajstić information content (AvgIpc) is 3.08. The number of carbonyl (C=O) groups is 6. The van der Waals surface area contributed by atoms with Crippen LogP contribution in [0.25, 0.3) is 33.4 Å². The Bertz CT molecular complexity index is 2120. The Balaban J connectivity index is 1.32. The van der Waals surface area contributed by atoms with Gasteiger partial charge < -0.3 is 56.5 Å². The van der Waals surface area contributed by atoms with Gasteiger partial charge in [-0.15, -0.1) is 0 Å². The molecule has 278 valence electrons. The summed E-state index contributed by atoms with van der Waals surface area (Å²) in [6.07, 6.45) is -1.65. The summed E-state index contributed by atoms with van der Waals surface area (Å²) < 4.78 is 5.84. The second-order valence-electron chi connectivity index (χ2n) is 11.5. The summed E-state index contributed by atoms with van der Waals surface area (Å²) in [4.78, 5) is 82.5. The number of phenolic OH excluding ortho intramolecular Hbond substituents is 1. The summed E-state index contributed by atoms with van der Waals surface area (Å²) in [5.74, 6) is -5.99. The van der Waals surface area contributed by atoms with E-state index < -0.39 is 60.7 Å². The van der Waals surface area contributed by atoms with Crippen LogP contribution in [0.4, 0.5) is 10.5 Å². The van der Waals surface area contributed by atoms with Gasteiger partial charge in [-0.25, -0.2) is 19.2 Å². The minimum atomic E-state index is -1.57. The number of urea groups is 1. The fraction of sp³-hybridized carbons (Fsp3) is 0.235. The summed E-state index contributed by atoms with van der Waals surface area (Å²) in [7, 11) is 0. The summed E-state index contributed by atoms with van der Waals surface area (Å²) >= 11 is 5.31. The lowest BCUT2D eigenvalue weighted by Crippen LogP contribution is -2.51. The standard InChI is InChI=1S/C34H33N5O13S/c40-17-2-5-20-25(14-17)52-26-15-18(41)3-6-21(26)29(20)19-4-1-16(13-22(19)30(45)46)37-34(53)36-12-11-35-27(42)9-7-23(31(47)48)38-33(51)39-24(32(49)50)8-10-28(43)44/h1-6,13-15,23-24,40H,7-12H2,(H,35,42)(H,43,44)(H,45,46)(H,47,48)(H,49,50)(H2,36,37,53)(H2,38,39,51). The number of amides is 3. The highest BCUT2D eigenvalue weighted by atomic mass is 32.1. The number of phenols is 1. The van der Waals surface area contributed by atoms with Crippen LogP contribution in [0, 0.1) is 0 Å². The van der Waals surface area contributed by atoms with E-state index >= 15 is 0 Å². The van der Waals surface area contributed by atoms with Gasteiger partial charge in [-0.05, 0) is 67.0 Å². The van der Waals surface area contributed by atoms with E-state index in [1.54, 1.807) is 18.2 Å². The molecule has 0 radical (unpaired) electrons. The van der Waals surface area contributed by atoms with E-state index in [-0.39, 0.29) is 59.1 Å². The molecule has 19 heteroatoms. The van der Waals surface area contributed by atoms with Crippen LogP contribution in [0.1, 0.15) is 36.0 Å². The van der Waals surface area contributed by atoms with Crippen molar-refractivity contribution in [3.05, 3.63) is 70.4 Å². The number of carbonyl (C=O) groups excluding carboxylic acids is 2. The topological polar surface area (TPSA) is 294 Å². The molecule has 2 unspecified atom stereocenters. The molecule has 3 amide bonds. The molecule has 1 aliphatic heterocycles. The zero-order chi connectivity index (χ0) is 38.8. The number of carboxylic acids is 4. The van der Waals surface area contributed by atoms with Crippen molar-refractivity contribution in [1.29, 1.82) is 0 Å². The lowest BCUT2D eigenvalue weighted by Gasteiger charge is -2.18. The van der Waals surface area contributed by atoms with Crippen molar-refractivity contribution in [2.24, 2.45) is 0 Å². The quantitative estimate of drug-likeness (QED) is 0.0446. The molecule has 2 aliphatic rings. The summed E-state index contributed by atoms with van der Waals surface area (Å²) in [6, 6.07) is 8.73. The number of rotatable bonds is 16. The number of aromatic carboxylic acids is 1. The number of anilines is 1. The normalized spacial score (nSPS) is 11.9. The van der Waals surface area contributed by atoms with Crippen LogP contribution in [0.3, 0.4) is 0 Å².